The van der Waals surface area contributed by atoms with Crippen LogP contribution in [0.5, 0.6) is 0 Å². The smallest absolute Gasteiger partial charge is 0.0351 e. The Kier molecular flexibility index (Phi) is 5.42. The maximum Gasteiger partial charge on any atom is 0.0351 e. The van der Waals surface area contributed by atoms with E-state index in [-0.39, 0.29) is 0 Å². The molecule has 0 amide bonds. The Morgan fingerprint density at radius 2 is 1.94 bits per heavy atom. The molecule has 2 heterocycles. The van der Waals surface area contributed by atoms with Gasteiger partial charge in [-0.05, 0) is 37.6 Å². The normalized spacial score (nSPS) is 18.8. The van der Waals surface area contributed by atoms with Crippen LogP contribution in [0.15, 0.2) is 18.5 Å². The number of hydrogen-bond donors (Lipinski definition) is 0. The van der Waals surface area contributed by atoms with Crippen molar-refractivity contribution in [3.63, 3.8) is 0 Å². The van der Waals surface area contributed by atoms with Crippen LogP contribution in [0.3, 0.4) is 0 Å². The number of hydrogen-bond acceptors (Lipinski definition) is 3. The van der Waals surface area contributed by atoms with Gasteiger partial charge in [-0.1, -0.05) is 6.07 Å². The van der Waals surface area contributed by atoms with E-state index in [9.17, 15) is 0 Å². The Bertz CT molecular complexity index is 370. The maximum atomic E-state index is 5.81. The van der Waals surface area contributed by atoms with Crippen molar-refractivity contribution in [3.8, 4) is 0 Å². The molecule has 0 saturated carbocycles. The highest BCUT2D eigenvalue weighted by molar-refractivity contribution is 6.18. The third-order valence-corrected chi connectivity index (χ3v) is 3.59. The zero-order valence-electron chi connectivity index (χ0n) is 11.1. The molecule has 1 saturated heterocycles. The average Bonchev–Trinajstić information content (AvgIpc) is 2.56. The predicted octanol–water partition coefficient (Wildman–Crippen LogP) is 2.14. The van der Waals surface area contributed by atoms with Crippen LogP contribution < -0.4 is 0 Å². The molecule has 4 heteroatoms. The van der Waals surface area contributed by atoms with Crippen molar-refractivity contribution in [2.75, 3.05) is 38.6 Å². The lowest BCUT2D eigenvalue weighted by Gasteiger charge is -2.21. The molecule has 0 radical (unpaired) electrons. The molecule has 1 aliphatic heterocycles. The minimum absolute atomic E-state index is 0.738. The highest BCUT2D eigenvalue weighted by Gasteiger charge is 2.14. The summed E-state index contributed by atoms with van der Waals surface area (Å²) in [5.74, 6) is 0.738. The Balaban J connectivity index is 1.87. The van der Waals surface area contributed by atoms with Gasteiger partial charge in [0.2, 0.25) is 0 Å². The van der Waals surface area contributed by atoms with E-state index in [0.29, 0.717) is 0 Å². The van der Waals surface area contributed by atoms with Gasteiger partial charge in [0.15, 0.2) is 0 Å². The number of aromatic nitrogens is 1. The van der Waals surface area contributed by atoms with E-state index in [0.717, 1.165) is 32.1 Å². The Labute approximate surface area is 115 Å². The highest BCUT2D eigenvalue weighted by atomic mass is 35.5. The first-order valence-electron chi connectivity index (χ1n) is 6.69. The quantitative estimate of drug-likeness (QED) is 0.780. The second-order valence-electron chi connectivity index (χ2n) is 5.03. The third-order valence-electron chi connectivity index (χ3n) is 3.42. The molecule has 0 unspecified atom stereocenters. The van der Waals surface area contributed by atoms with Gasteiger partial charge < -0.3 is 4.90 Å². The van der Waals surface area contributed by atoms with Crippen molar-refractivity contribution in [2.45, 2.75) is 19.9 Å². The van der Waals surface area contributed by atoms with Crippen LogP contribution in [0.4, 0.5) is 0 Å². The number of pyridine rings is 1. The second kappa shape index (κ2) is 7.07. The minimum atomic E-state index is 0.738. The van der Waals surface area contributed by atoms with E-state index < -0.39 is 0 Å². The predicted molar refractivity (Wildman–Crippen MR) is 76.0 cm³/mol. The minimum Gasteiger partial charge on any atom is -0.301 e. The van der Waals surface area contributed by atoms with Crippen molar-refractivity contribution in [2.24, 2.45) is 0 Å². The fourth-order valence-electron chi connectivity index (χ4n) is 2.49. The van der Waals surface area contributed by atoms with Crippen LogP contribution >= 0.6 is 11.6 Å². The number of alkyl halides is 1. The van der Waals surface area contributed by atoms with Gasteiger partial charge in [-0.2, -0.15) is 0 Å². The molecular weight excluding hydrogens is 246 g/mol. The summed E-state index contributed by atoms with van der Waals surface area (Å²) in [7, 11) is 0. The Morgan fingerprint density at radius 1 is 1.17 bits per heavy atom. The summed E-state index contributed by atoms with van der Waals surface area (Å²) < 4.78 is 0. The van der Waals surface area contributed by atoms with E-state index >= 15 is 0 Å². The summed E-state index contributed by atoms with van der Waals surface area (Å²) in [5.41, 5.74) is 2.56. The highest BCUT2D eigenvalue weighted by Crippen LogP contribution is 2.09. The molecule has 1 aromatic heterocycles. The molecule has 3 nitrogen and oxygen atoms in total. The number of nitrogens with zero attached hydrogens (tertiary/aromatic N) is 3. The molecule has 0 N–H and O–H groups in total. The van der Waals surface area contributed by atoms with Crippen molar-refractivity contribution in [1.29, 1.82) is 0 Å². The van der Waals surface area contributed by atoms with Crippen LogP contribution in [0.2, 0.25) is 0 Å². The summed E-state index contributed by atoms with van der Waals surface area (Å²) in [6, 6.07) is 2.23. The molecule has 0 aromatic carbocycles. The number of aryl methyl sites for hydroxylation is 1. The molecule has 0 spiro atoms. The molecule has 0 bridgehead atoms. The Morgan fingerprint density at radius 3 is 2.72 bits per heavy atom. The molecular formula is C14H22ClN3. The molecule has 2 rings (SSSR count). The lowest BCUT2D eigenvalue weighted by Crippen LogP contribution is -2.31. The van der Waals surface area contributed by atoms with Crippen LogP contribution in [0, 0.1) is 6.92 Å². The van der Waals surface area contributed by atoms with E-state index in [1.54, 1.807) is 0 Å². The zero-order valence-corrected chi connectivity index (χ0v) is 11.9. The summed E-state index contributed by atoms with van der Waals surface area (Å²) >= 11 is 5.81. The average molecular weight is 268 g/mol. The molecule has 100 valence electrons. The zero-order chi connectivity index (χ0) is 12.8. The van der Waals surface area contributed by atoms with Gasteiger partial charge in [-0.3, -0.25) is 9.88 Å². The largest absolute Gasteiger partial charge is 0.301 e. The SMILES string of the molecule is Cc1cncc(CN2CCCN(CCCl)CC2)c1. The lowest BCUT2D eigenvalue weighted by molar-refractivity contribution is 0.258. The molecule has 18 heavy (non-hydrogen) atoms. The van der Waals surface area contributed by atoms with Crippen molar-refractivity contribution < 1.29 is 0 Å². The molecule has 1 fully saturated rings. The summed E-state index contributed by atoms with van der Waals surface area (Å²) in [6.07, 6.45) is 5.12. The topological polar surface area (TPSA) is 19.4 Å². The molecule has 0 aliphatic carbocycles. The van der Waals surface area contributed by atoms with Gasteiger partial charge >= 0.3 is 0 Å². The van der Waals surface area contributed by atoms with Crippen LogP contribution in [-0.4, -0.2) is 53.4 Å². The second-order valence-corrected chi connectivity index (χ2v) is 5.41. The van der Waals surface area contributed by atoms with E-state index in [4.69, 9.17) is 11.6 Å². The molecule has 1 aliphatic rings. The summed E-state index contributed by atoms with van der Waals surface area (Å²) in [4.78, 5) is 9.24. The van der Waals surface area contributed by atoms with Gasteiger partial charge in [-0.25, -0.2) is 0 Å². The van der Waals surface area contributed by atoms with Gasteiger partial charge in [0, 0.05) is 44.5 Å². The standard InChI is InChI=1S/C14H22ClN3/c1-13-9-14(11-16-10-13)12-18-5-2-4-17(6-3-15)7-8-18/h9-11H,2-8,12H2,1H3. The number of halogens is 1. The van der Waals surface area contributed by atoms with E-state index in [1.165, 1.54) is 30.6 Å². The number of rotatable bonds is 4. The van der Waals surface area contributed by atoms with Crippen molar-refractivity contribution >= 4 is 11.6 Å². The first kappa shape index (κ1) is 13.8. The summed E-state index contributed by atoms with van der Waals surface area (Å²) in [5, 5.41) is 0. The van der Waals surface area contributed by atoms with E-state index in [2.05, 4.69) is 27.8 Å². The summed E-state index contributed by atoms with van der Waals surface area (Å²) in [6.45, 7) is 8.74. The maximum absolute atomic E-state index is 5.81. The van der Waals surface area contributed by atoms with Gasteiger partial charge in [0.25, 0.3) is 0 Å². The Hall–Kier alpha value is -0.640. The molecule has 1 aromatic rings. The van der Waals surface area contributed by atoms with Crippen molar-refractivity contribution in [1.82, 2.24) is 14.8 Å². The van der Waals surface area contributed by atoms with Crippen LogP contribution in [-0.2, 0) is 6.54 Å². The first-order valence-corrected chi connectivity index (χ1v) is 7.22. The van der Waals surface area contributed by atoms with E-state index in [1.807, 2.05) is 12.4 Å². The fraction of sp³-hybridized carbons (Fsp3) is 0.643. The van der Waals surface area contributed by atoms with Crippen molar-refractivity contribution in [3.05, 3.63) is 29.6 Å². The lowest BCUT2D eigenvalue weighted by atomic mass is 10.2. The van der Waals surface area contributed by atoms with Gasteiger partial charge in [0.1, 0.15) is 0 Å². The molecule has 0 atom stereocenters. The first-order chi connectivity index (χ1) is 8.78. The van der Waals surface area contributed by atoms with Crippen LogP contribution in [0.1, 0.15) is 17.5 Å². The van der Waals surface area contributed by atoms with Gasteiger partial charge in [0.05, 0.1) is 0 Å². The monoisotopic (exact) mass is 267 g/mol. The van der Waals surface area contributed by atoms with Crippen LogP contribution in [0.25, 0.3) is 0 Å². The fourth-order valence-corrected chi connectivity index (χ4v) is 2.73. The third kappa shape index (κ3) is 4.23. The van der Waals surface area contributed by atoms with Gasteiger partial charge in [-0.15, -0.1) is 11.6 Å².